The molecule has 1 nitrogen and oxygen atoms in total. The molecule has 4 heteroatoms. The van der Waals surface area contributed by atoms with Gasteiger partial charge in [-0.1, -0.05) is 23.2 Å². The maximum absolute atomic E-state index is 5.91. The highest BCUT2D eigenvalue weighted by atomic mass is 35.5. The molecule has 0 spiro atoms. The van der Waals surface area contributed by atoms with E-state index in [0.29, 0.717) is 15.8 Å². The summed E-state index contributed by atoms with van der Waals surface area (Å²) < 4.78 is 5.11. The summed E-state index contributed by atoms with van der Waals surface area (Å²) in [6.07, 6.45) is 1.96. The fraction of sp³-hybridized carbons (Fsp3) is 0.250. The van der Waals surface area contributed by atoms with Crippen molar-refractivity contribution in [3.63, 3.8) is 0 Å². The summed E-state index contributed by atoms with van der Waals surface area (Å²) in [7, 11) is 1.58. The van der Waals surface area contributed by atoms with Gasteiger partial charge in [0, 0.05) is 0 Å². The number of halogens is 2. The number of rotatable bonds is 2. The first kappa shape index (κ1) is 10.0. The number of benzene rings is 1. The molecule has 0 aliphatic heterocycles. The summed E-state index contributed by atoms with van der Waals surface area (Å²) in [6, 6.07) is 3.65. The topological polar surface area (TPSA) is 9.23 Å². The van der Waals surface area contributed by atoms with Crippen molar-refractivity contribution in [1.82, 2.24) is 0 Å². The lowest BCUT2D eigenvalue weighted by molar-refractivity contribution is 0.405. The van der Waals surface area contributed by atoms with Crippen LogP contribution < -0.4 is 4.74 Å². The van der Waals surface area contributed by atoms with Crippen LogP contribution in [0, 0.1) is 0 Å². The van der Waals surface area contributed by atoms with Crippen molar-refractivity contribution in [1.29, 1.82) is 0 Å². The molecule has 0 fully saturated rings. The Balaban J connectivity index is 3.25. The summed E-state index contributed by atoms with van der Waals surface area (Å²) in [5.41, 5.74) is 0. The lowest BCUT2D eigenvalue weighted by Gasteiger charge is -2.08. The molecule has 0 saturated carbocycles. The van der Waals surface area contributed by atoms with Gasteiger partial charge in [0.2, 0.25) is 0 Å². The number of methoxy groups -OCH3 is 1. The monoisotopic (exact) mass is 222 g/mol. The van der Waals surface area contributed by atoms with Crippen molar-refractivity contribution in [2.45, 2.75) is 4.90 Å². The van der Waals surface area contributed by atoms with Crippen molar-refractivity contribution < 1.29 is 4.74 Å². The van der Waals surface area contributed by atoms with E-state index in [1.165, 1.54) is 0 Å². The molecule has 0 bridgehead atoms. The molecule has 0 radical (unpaired) electrons. The van der Waals surface area contributed by atoms with E-state index in [-0.39, 0.29) is 0 Å². The number of thioether (sulfide) groups is 1. The molecule has 0 aliphatic rings. The minimum Gasteiger partial charge on any atom is -0.494 e. The largest absolute Gasteiger partial charge is 0.494 e. The smallest absolute Gasteiger partial charge is 0.152 e. The van der Waals surface area contributed by atoms with E-state index >= 15 is 0 Å². The van der Waals surface area contributed by atoms with Gasteiger partial charge < -0.3 is 4.74 Å². The number of hydrogen-bond acceptors (Lipinski definition) is 2. The molecule has 12 heavy (non-hydrogen) atoms. The van der Waals surface area contributed by atoms with Crippen molar-refractivity contribution >= 4 is 35.0 Å². The maximum atomic E-state index is 5.91. The molecular weight excluding hydrogens is 215 g/mol. The van der Waals surface area contributed by atoms with Crippen LogP contribution in [-0.2, 0) is 0 Å². The molecule has 1 aromatic rings. The van der Waals surface area contributed by atoms with E-state index in [1.54, 1.807) is 24.9 Å². The van der Waals surface area contributed by atoms with Crippen LogP contribution in [0.2, 0.25) is 10.0 Å². The third-order valence-corrected chi connectivity index (χ3v) is 2.99. The molecule has 66 valence electrons. The number of ether oxygens (including phenoxy) is 1. The highest BCUT2D eigenvalue weighted by Gasteiger charge is 2.09. The molecule has 0 heterocycles. The molecule has 1 rings (SSSR count). The highest BCUT2D eigenvalue weighted by Crippen LogP contribution is 2.38. The average molecular weight is 223 g/mol. The molecule has 0 aliphatic carbocycles. The Kier molecular flexibility index (Phi) is 3.56. The summed E-state index contributed by atoms with van der Waals surface area (Å²) in [6.45, 7) is 0. The van der Waals surface area contributed by atoms with Gasteiger partial charge in [-0.25, -0.2) is 0 Å². The van der Waals surface area contributed by atoms with Gasteiger partial charge >= 0.3 is 0 Å². The first-order valence-corrected chi connectivity index (χ1v) is 5.24. The van der Waals surface area contributed by atoms with E-state index in [4.69, 9.17) is 27.9 Å². The molecule has 0 N–H and O–H groups in total. The van der Waals surface area contributed by atoms with Gasteiger partial charge in [0.1, 0.15) is 5.02 Å². The molecule has 0 atom stereocenters. The molecule has 0 saturated heterocycles. The van der Waals surface area contributed by atoms with Crippen LogP contribution in [-0.4, -0.2) is 13.4 Å². The van der Waals surface area contributed by atoms with E-state index in [0.717, 1.165) is 4.90 Å². The standard InChI is InChI=1S/C8H8Cl2OS/c1-11-8-6(12-2)4-3-5(9)7(8)10/h3-4H,1-2H3. The Morgan fingerprint density at radius 1 is 1.33 bits per heavy atom. The molecule has 0 aromatic heterocycles. The minimum atomic E-state index is 0.478. The quantitative estimate of drug-likeness (QED) is 0.706. The molecular formula is C8H8Cl2OS. The van der Waals surface area contributed by atoms with Crippen LogP contribution in [0.4, 0.5) is 0 Å². The number of hydrogen-bond donors (Lipinski definition) is 0. The van der Waals surface area contributed by atoms with Crippen LogP contribution in [0.1, 0.15) is 0 Å². The van der Waals surface area contributed by atoms with Crippen LogP contribution >= 0.6 is 35.0 Å². The van der Waals surface area contributed by atoms with E-state index in [2.05, 4.69) is 0 Å². The Hall–Kier alpha value is -0.0500. The fourth-order valence-electron chi connectivity index (χ4n) is 0.865. The average Bonchev–Trinajstić information content (AvgIpc) is 2.09. The summed E-state index contributed by atoms with van der Waals surface area (Å²) in [4.78, 5) is 0.993. The van der Waals surface area contributed by atoms with Crippen LogP contribution in [0.25, 0.3) is 0 Å². The van der Waals surface area contributed by atoms with Crippen molar-refractivity contribution in [3.05, 3.63) is 22.2 Å². The lowest BCUT2D eigenvalue weighted by Crippen LogP contribution is -1.87. The first-order chi connectivity index (χ1) is 5.70. The van der Waals surface area contributed by atoms with Crippen LogP contribution in [0.3, 0.4) is 0 Å². The minimum absolute atomic E-state index is 0.478. The van der Waals surface area contributed by atoms with Gasteiger partial charge in [0.15, 0.2) is 5.75 Å². The van der Waals surface area contributed by atoms with Gasteiger partial charge in [-0.05, 0) is 18.4 Å². The van der Waals surface area contributed by atoms with Crippen molar-refractivity contribution in [2.24, 2.45) is 0 Å². The SMILES string of the molecule is COc1c(SC)ccc(Cl)c1Cl. The lowest BCUT2D eigenvalue weighted by atomic mass is 10.3. The third-order valence-electron chi connectivity index (χ3n) is 1.44. The molecule has 1 aromatic carbocycles. The van der Waals surface area contributed by atoms with Crippen LogP contribution in [0.15, 0.2) is 17.0 Å². The third kappa shape index (κ3) is 1.82. The van der Waals surface area contributed by atoms with E-state index in [1.807, 2.05) is 12.3 Å². The van der Waals surface area contributed by atoms with Crippen molar-refractivity contribution in [3.8, 4) is 5.75 Å². The Bertz CT molecular complexity index is 289. The Morgan fingerprint density at radius 2 is 2.00 bits per heavy atom. The van der Waals surface area contributed by atoms with E-state index < -0.39 is 0 Å². The predicted molar refractivity (Wildman–Crippen MR) is 54.8 cm³/mol. The fourth-order valence-corrected chi connectivity index (χ4v) is 1.89. The zero-order valence-corrected chi connectivity index (χ0v) is 9.06. The molecule has 0 amide bonds. The Morgan fingerprint density at radius 3 is 2.50 bits per heavy atom. The second kappa shape index (κ2) is 4.26. The highest BCUT2D eigenvalue weighted by molar-refractivity contribution is 7.98. The summed E-state index contributed by atoms with van der Waals surface area (Å²) >= 11 is 13.3. The van der Waals surface area contributed by atoms with Gasteiger partial charge in [-0.2, -0.15) is 0 Å². The second-order valence-corrected chi connectivity index (χ2v) is 3.73. The van der Waals surface area contributed by atoms with Crippen LogP contribution in [0.5, 0.6) is 5.75 Å². The zero-order valence-electron chi connectivity index (χ0n) is 6.73. The predicted octanol–water partition coefficient (Wildman–Crippen LogP) is 3.72. The van der Waals surface area contributed by atoms with Gasteiger partial charge in [-0.15, -0.1) is 11.8 Å². The van der Waals surface area contributed by atoms with Gasteiger partial charge in [-0.3, -0.25) is 0 Å². The van der Waals surface area contributed by atoms with E-state index in [9.17, 15) is 0 Å². The maximum Gasteiger partial charge on any atom is 0.152 e. The van der Waals surface area contributed by atoms with Crippen molar-refractivity contribution in [2.75, 3.05) is 13.4 Å². The van der Waals surface area contributed by atoms with Gasteiger partial charge in [0.05, 0.1) is 17.0 Å². The summed E-state index contributed by atoms with van der Waals surface area (Å²) in [5, 5.41) is 0.998. The second-order valence-electron chi connectivity index (χ2n) is 2.10. The normalized spacial score (nSPS) is 10.0. The van der Waals surface area contributed by atoms with Gasteiger partial charge in [0.25, 0.3) is 0 Å². The molecule has 0 unspecified atom stereocenters. The zero-order chi connectivity index (χ0) is 9.14. The summed E-state index contributed by atoms with van der Waals surface area (Å²) in [5.74, 6) is 0.650. The Labute approximate surface area is 86.0 Å². The first-order valence-electron chi connectivity index (χ1n) is 3.26.